The molecule has 2 aromatic carbocycles. The van der Waals surface area contributed by atoms with Gasteiger partial charge in [0.05, 0.1) is 6.42 Å². The van der Waals surface area contributed by atoms with E-state index in [4.69, 9.17) is 4.74 Å². The van der Waals surface area contributed by atoms with Crippen LogP contribution >= 0.6 is 0 Å². The SMILES string of the molecule is CC1CCCC(NC(=O)COC(=O)Cc2cccc3ccccc23)C1C. The van der Waals surface area contributed by atoms with Gasteiger partial charge in [-0.05, 0) is 34.6 Å². The number of ether oxygens (including phenoxy) is 1. The third-order valence-electron chi connectivity index (χ3n) is 5.63. The average molecular weight is 353 g/mol. The van der Waals surface area contributed by atoms with Gasteiger partial charge in [-0.3, -0.25) is 9.59 Å². The van der Waals surface area contributed by atoms with E-state index in [9.17, 15) is 9.59 Å². The Balaban J connectivity index is 1.51. The minimum atomic E-state index is -0.374. The highest BCUT2D eigenvalue weighted by atomic mass is 16.5. The summed E-state index contributed by atoms with van der Waals surface area (Å²) in [5.41, 5.74) is 0.920. The van der Waals surface area contributed by atoms with Crippen LogP contribution in [0.2, 0.25) is 0 Å². The molecule has 4 heteroatoms. The van der Waals surface area contributed by atoms with Crippen molar-refractivity contribution in [1.82, 2.24) is 5.32 Å². The summed E-state index contributed by atoms with van der Waals surface area (Å²) in [5, 5.41) is 5.17. The molecule has 0 saturated heterocycles. The highest BCUT2D eigenvalue weighted by molar-refractivity contribution is 5.89. The number of rotatable bonds is 5. The lowest BCUT2D eigenvalue weighted by atomic mass is 9.78. The van der Waals surface area contributed by atoms with Crippen molar-refractivity contribution < 1.29 is 14.3 Å². The fourth-order valence-corrected chi connectivity index (χ4v) is 3.83. The molecular formula is C22H27NO3. The molecule has 1 amide bonds. The summed E-state index contributed by atoms with van der Waals surface area (Å²) in [7, 11) is 0. The molecule has 138 valence electrons. The number of esters is 1. The van der Waals surface area contributed by atoms with Crippen LogP contribution in [0, 0.1) is 11.8 Å². The van der Waals surface area contributed by atoms with Crippen LogP contribution in [-0.2, 0) is 20.7 Å². The van der Waals surface area contributed by atoms with Gasteiger partial charge in [0, 0.05) is 6.04 Å². The third kappa shape index (κ3) is 4.43. The van der Waals surface area contributed by atoms with Gasteiger partial charge in [0.1, 0.15) is 0 Å². The zero-order chi connectivity index (χ0) is 18.5. The lowest BCUT2D eigenvalue weighted by Crippen LogP contribution is -2.45. The van der Waals surface area contributed by atoms with Crippen LogP contribution in [0.4, 0.5) is 0 Å². The van der Waals surface area contributed by atoms with Crippen LogP contribution < -0.4 is 5.32 Å². The van der Waals surface area contributed by atoms with Crippen molar-refractivity contribution >= 4 is 22.6 Å². The second kappa shape index (κ2) is 8.35. The Kier molecular flexibility index (Phi) is 5.92. The van der Waals surface area contributed by atoms with E-state index in [-0.39, 0.29) is 30.9 Å². The topological polar surface area (TPSA) is 55.4 Å². The zero-order valence-electron chi connectivity index (χ0n) is 15.5. The molecule has 0 heterocycles. The molecule has 3 unspecified atom stereocenters. The molecule has 26 heavy (non-hydrogen) atoms. The molecule has 3 rings (SSSR count). The van der Waals surface area contributed by atoms with Gasteiger partial charge in [0.2, 0.25) is 0 Å². The molecule has 4 nitrogen and oxygen atoms in total. The number of carbonyl (C=O) groups is 2. The number of hydrogen-bond acceptors (Lipinski definition) is 3. The van der Waals surface area contributed by atoms with E-state index < -0.39 is 0 Å². The minimum Gasteiger partial charge on any atom is -0.455 e. The Morgan fingerprint density at radius 3 is 2.69 bits per heavy atom. The number of fused-ring (bicyclic) bond motifs is 1. The Labute approximate surface area is 154 Å². The van der Waals surface area contributed by atoms with Gasteiger partial charge in [0.25, 0.3) is 5.91 Å². The van der Waals surface area contributed by atoms with Gasteiger partial charge >= 0.3 is 5.97 Å². The molecule has 3 atom stereocenters. The Bertz CT molecular complexity index is 781. The first-order valence-electron chi connectivity index (χ1n) is 9.46. The van der Waals surface area contributed by atoms with Crippen LogP contribution in [0.3, 0.4) is 0 Å². The summed E-state index contributed by atoms with van der Waals surface area (Å²) in [6.07, 6.45) is 3.53. The third-order valence-corrected chi connectivity index (χ3v) is 5.63. The van der Waals surface area contributed by atoms with E-state index in [2.05, 4.69) is 19.2 Å². The molecule has 0 aromatic heterocycles. The number of hydrogen-bond donors (Lipinski definition) is 1. The number of carbonyl (C=O) groups excluding carboxylic acids is 2. The molecule has 1 fully saturated rings. The lowest BCUT2D eigenvalue weighted by Gasteiger charge is -2.34. The molecular weight excluding hydrogens is 326 g/mol. The second-order valence-corrected chi connectivity index (χ2v) is 7.42. The predicted octanol–water partition coefficient (Wildman–Crippen LogP) is 3.87. The first kappa shape index (κ1) is 18.4. The maximum atomic E-state index is 12.2. The quantitative estimate of drug-likeness (QED) is 0.830. The van der Waals surface area contributed by atoms with Gasteiger partial charge in [-0.15, -0.1) is 0 Å². The molecule has 1 aliphatic rings. The highest BCUT2D eigenvalue weighted by Gasteiger charge is 2.28. The van der Waals surface area contributed by atoms with Crippen LogP contribution in [0.25, 0.3) is 10.8 Å². The number of nitrogens with one attached hydrogen (secondary N) is 1. The second-order valence-electron chi connectivity index (χ2n) is 7.42. The van der Waals surface area contributed by atoms with Crippen molar-refractivity contribution in [3.8, 4) is 0 Å². The first-order chi connectivity index (χ1) is 12.5. The summed E-state index contributed by atoms with van der Waals surface area (Å²) < 4.78 is 5.21. The first-order valence-corrected chi connectivity index (χ1v) is 9.46. The van der Waals surface area contributed by atoms with Crippen molar-refractivity contribution in [2.24, 2.45) is 11.8 Å². The zero-order valence-corrected chi connectivity index (χ0v) is 15.5. The van der Waals surface area contributed by atoms with Gasteiger partial charge < -0.3 is 10.1 Å². The Hall–Kier alpha value is -2.36. The summed E-state index contributed by atoms with van der Waals surface area (Å²) in [6, 6.07) is 14.0. The van der Waals surface area contributed by atoms with E-state index in [0.29, 0.717) is 11.8 Å². The lowest BCUT2D eigenvalue weighted by molar-refractivity contribution is -0.148. The highest BCUT2D eigenvalue weighted by Crippen LogP contribution is 2.29. The standard InChI is InChI=1S/C22H27NO3/c1-15-7-5-12-20(16(15)2)23-21(24)14-26-22(25)13-18-10-6-9-17-8-3-4-11-19(17)18/h3-4,6,8-11,15-16,20H,5,7,12-14H2,1-2H3,(H,23,24). The fourth-order valence-electron chi connectivity index (χ4n) is 3.83. The van der Waals surface area contributed by atoms with Crippen LogP contribution in [0.15, 0.2) is 42.5 Å². The summed E-state index contributed by atoms with van der Waals surface area (Å²) in [4.78, 5) is 24.3. The smallest absolute Gasteiger partial charge is 0.310 e. The van der Waals surface area contributed by atoms with Gasteiger partial charge in [-0.1, -0.05) is 69.2 Å². The number of benzene rings is 2. The summed E-state index contributed by atoms with van der Waals surface area (Å²) >= 11 is 0. The molecule has 1 N–H and O–H groups in total. The van der Waals surface area contributed by atoms with Gasteiger partial charge in [-0.2, -0.15) is 0 Å². The fraction of sp³-hybridized carbons (Fsp3) is 0.455. The van der Waals surface area contributed by atoms with E-state index >= 15 is 0 Å². The van der Waals surface area contributed by atoms with Crippen LogP contribution in [0.1, 0.15) is 38.7 Å². The average Bonchev–Trinajstić information content (AvgIpc) is 2.64. The molecule has 0 spiro atoms. The van der Waals surface area contributed by atoms with Crippen molar-refractivity contribution in [3.63, 3.8) is 0 Å². The molecule has 1 saturated carbocycles. The Morgan fingerprint density at radius 1 is 1.08 bits per heavy atom. The Morgan fingerprint density at radius 2 is 1.85 bits per heavy atom. The molecule has 0 aliphatic heterocycles. The summed E-state index contributed by atoms with van der Waals surface area (Å²) in [6.45, 7) is 4.20. The normalized spacial score (nSPS) is 22.8. The number of amides is 1. The maximum absolute atomic E-state index is 12.2. The van der Waals surface area contributed by atoms with Crippen molar-refractivity contribution in [1.29, 1.82) is 0 Å². The van der Waals surface area contributed by atoms with Crippen molar-refractivity contribution in [2.75, 3.05) is 6.61 Å². The van der Waals surface area contributed by atoms with E-state index in [1.807, 2.05) is 42.5 Å². The monoisotopic (exact) mass is 353 g/mol. The minimum absolute atomic E-state index is 0.172. The predicted molar refractivity (Wildman–Crippen MR) is 103 cm³/mol. The van der Waals surface area contributed by atoms with Crippen LogP contribution in [0.5, 0.6) is 0 Å². The maximum Gasteiger partial charge on any atom is 0.310 e. The molecule has 0 bridgehead atoms. The van der Waals surface area contributed by atoms with E-state index in [0.717, 1.165) is 29.2 Å². The molecule has 0 radical (unpaired) electrons. The summed E-state index contributed by atoms with van der Waals surface area (Å²) in [5.74, 6) is 0.492. The van der Waals surface area contributed by atoms with E-state index in [1.54, 1.807) is 0 Å². The van der Waals surface area contributed by atoms with Crippen molar-refractivity contribution in [2.45, 2.75) is 45.6 Å². The van der Waals surface area contributed by atoms with Gasteiger partial charge in [-0.25, -0.2) is 0 Å². The van der Waals surface area contributed by atoms with Gasteiger partial charge in [0.15, 0.2) is 6.61 Å². The largest absolute Gasteiger partial charge is 0.455 e. The molecule has 1 aliphatic carbocycles. The van der Waals surface area contributed by atoms with E-state index in [1.165, 1.54) is 6.42 Å². The molecule has 2 aromatic rings. The van der Waals surface area contributed by atoms with Crippen molar-refractivity contribution in [3.05, 3.63) is 48.0 Å². The van der Waals surface area contributed by atoms with Crippen LogP contribution in [-0.4, -0.2) is 24.5 Å².